The van der Waals surface area contributed by atoms with E-state index in [1.54, 1.807) is 0 Å². The van der Waals surface area contributed by atoms with E-state index in [4.69, 9.17) is 4.74 Å². The Morgan fingerprint density at radius 3 is 2.83 bits per heavy atom. The van der Waals surface area contributed by atoms with Crippen LogP contribution < -0.4 is 10.1 Å². The second-order valence-corrected chi connectivity index (χ2v) is 6.46. The van der Waals surface area contributed by atoms with Crippen molar-refractivity contribution in [3.05, 3.63) is 42.5 Å². The highest BCUT2D eigenvalue weighted by Crippen LogP contribution is 2.26. The molecule has 0 spiro atoms. The minimum Gasteiger partial charge on any atom is -0.491 e. The quantitative estimate of drug-likeness (QED) is 0.858. The van der Waals surface area contributed by atoms with Crippen molar-refractivity contribution in [2.24, 2.45) is 11.8 Å². The molecule has 0 radical (unpaired) electrons. The summed E-state index contributed by atoms with van der Waals surface area (Å²) in [5, 5.41) is 5.14. The van der Waals surface area contributed by atoms with Gasteiger partial charge in [0.15, 0.2) is 0 Å². The number of ether oxygens (including phenoxy) is 1. The van der Waals surface area contributed by atoms with Crippen molar-refractivity contribution in [2.45, 2.75) is 26.2 Å². The van der Waals surface area contributed by atoms with Crippen molar-refractivity contribution >= 4 is 22.5 Å². The fourth-order valence-electron chi connectivity index (χ4n) is 3.28. The zero-order valence-corrected chi connectivity index (χ0v) is 14.0. The summed E-state index contributed by atoms with van der Waals surface area (Å²) in [6.45, 7) is 2.81. The Morgan fingerprint density at radius 1 is 1.21 bits per heavy atom. The van der Waals surface area contributed by atoms with E-state index in [0.29, 0.717) is 32.4 Å². The molecule has 0 aliphatic heterocycles. The summed E-state index contributed by atoms with van der Waals surface area (Å²) in [7, 11) is 0. The minimum absolute atomic E-state index is 0.00133. The molecule has 2 aromatic carbocycles. The van der Waals surface area contributed by atoms with Gasteiger partial charge in [-0.05, 0) is 24.3 Å². The lowest BCUT2D eigenvalue weighted by Crippen LogP contribution is -2.37. The Kier molecular flexibility index (Phi) is 5.14. The smallest absolute Gasteiger partial charge is 0.223 e. The van der Waals surface area contributed by atoms with Crippen molar-refractivity contribution in [1.82, 2.24) is 5.32 Å². The summed E-state index contributed by atoms with van der Waals surface area (Å²) in [6, 6.07) is 14.0. The second-order valence-electron chi connectivity index (χ2n) is 6.46. The Balaban J connectivity index is 1.48. The fourth-order valence-corrected chi connectivity index (χ4v) is 3.28. The van der Waals surface area contributed by atoms with Gasteiger partial charge in [-0.25, -0.2) is 0 Å². The number of carbonyl (C=O) groups excluding carboxylic acids is 2. The summed E-state index contributed by atoms with van der Waals surface area (Å²) < 4.78 is 5.83. The van der Waals surface area contributed by atoms with Crippen LogP contribution in [0.25, 0.3) is 10.8 Å². The first-order valence-corrected chi connectivity index (χ1v) is 8.56. The molecule has 1 amide bonds. The van der Waals surface area contributed by atoms with Crippen LogP contribution in [0.15, 0.2) is 42.5 Å². The van der Waals surface area contributed by atoms with Crippen molar-refractivity contribution < 1.29 is 14.3 Å². The van der Waals surface area contributed by atoms with E-state index in [2.05, 4.69) is 17.4 Å². The highest BCUT2D eigenvalue weighted by atomic mass is 16.5. The number of nitrogens with one attached hydrogen (secondary N) is 1. The number of ketones is 1. The van der Waals surface area contributed by atoms with Gasteiger partial charge in [0, 0.05) is 23.6 Å². The van der Waals surface area contributed by atoms with Gasteiger partial charge in [0.05, 0.1) is 6.54 Å². The van der Waals surface area contributed by atoms with Gasteiger partial charge in [-0.2, -0.15) is 0 Å². The molecule has 2 aromatic rings. The number of fused-ring (bicyclic) bond motifs is 1. The molecule has 4 heteroatoms. The SMILES string of the molecule is CC1CC(C(=O)NCCOc2cccc3ccccc23)CCC1=O. The van der Waals surface area contributed by atoms with Crippen molar-refractivity contribution in [3.63, 3.8) is 0 Å². The molecular weight excluding hydrogens is 302 g/mol. The standard InChI is InChI=1S/C20H23NO3/c1-14-13-16(9-10-18(14)22)20(23)21-11-12-24-19-8-4-6-15-5-2-3-7-17(15)19/h2-8,14,16H,9-13H2,1H3,(H,21,23). The topological polar surface area (TPSA) is 55.4 Å². The van der Waals surface area contributed by atoms with Crippen LogP contribution in [0.5, 0.6) is 5.75 Å². The van der Waals surface area contributed by atoms with Crippen LogP contribution in [0.3, 0.4) is 0 Å². The minimum atomic E-state index is -0.0461. The molecule has 0 aromatic heterocycles. The Bertz CT molecular complexity index is 735. The second kappa shape index (κ2) is 7.47. The fraction of sp³-hybridized carbons (Fsp3) is 0.400. The third-order valence-electron chi connectivity index (χ3n) is 4.71. The Morgan fingerprint density at radius 2 is 2.00 bits per heavy atom. The van der Waals surface area contributed by atoms with Gasteiger partial charge >= 0.3 is 0 Å². The number of hydrogen-bond donors (Lipinski definition) is 1. The Labute approximate surface area is 142 Å². The predicted molar refractivity (Wildman–Crippen MR) is 94.0 cm³/mol. The number of carbonyl (C=O) groups is 2. The largest absolute Gasteiger partial charge is 0.491 e. The number of Topliss-reactive ketones (excluding diaryl/α,β-unsaturated/α-hetero) is 1. The van der Waals surface area contributed by atoms with Gasteiger partial charge in [0.1, 0.15) is 18.1 Å². The summed E-state index contributed by atoms with van der Waals surface area (Å²) in [6.07, 6.45) is 1.85. The van der Waals surface area contributed by atoms with Gasteiger partial charge in [-0.15, -0.1) is 0 Å². The lowest BCUT2D eigenvalue weighted by Gasteiger charge is -2.24. The van der Waals surface area contributed by atoms with Crippen molar-refractivity contribution in [3.8, 4) is 5.75 Å². The van der Waals surface area contributed by atoms with E-state index in [-0.39, 0.29) is 23.5 Å². The summed E-state index contributed by atoms with van der Waals surface area (Å²) >= 11 is 0. The van der Waals surface area contributed by atoms with E-state index in [9.17, 15) is 9.59 Å². The molecule has 2 unspecified atom stereocenters. The first-order valence-electron chi connectivity index (χ1n) is 8.56. The van der Waals surface area contributed by atoms with Gasteiger partial charge in [-0.3, -0.25) is 9.59 Å². The third kappa shape index (κ3) is 3.75. The zero-order chi connectivity index (χ0) is 16.9. The van der Waals surface area contributed by atoms with Crippen LogP contribution in [0.2, 0.25) is 0 Å². The van der Waals surface area contributed by atoms with Crippen LogP contribution in [0, 0.1) is 11.8 Å². The predicted octanol–water partition coefficient (Wildman–Crippen LogP) is 3.34. The lowest BCUT2D eigenvalue weighted by molar-refractivity contribution is -0.131. The highest BCUT2D eigenvalue weighted by molar-refractivity contribution is 5.88. The van der Waals surface area contributed by atoms with Crippen molar-refractivity contribution in [1.29, 1.82) is 0 Å². The average molecular weight is 325 g/mol. The molecule has 24 heavy (non-hydrogen) atoms. The molecule has 1 aliphatic carbocycles. The molecule has 0 saturated heterocycles. The third-order valence-corrected chi connectivity index (χ3v) is 4.71. The molecule has 1 N–H and O–H groups in total. The van der Waals surface area contributed by atoms with Crippen molar-refractivity contribution in [2.75, 3.05) is 13.2 Å². The first kappa shape index (κ1) is 16.5. The molecule has 1 saturated carbocycles. The first-order chi connectivity index (χ1) is 11.6. The molecular formula is C20H23NO3. The lowest BCUT2D eigenvalue weighted by atomic mass is 9.81. The molecule has 2 atom stereocenters. The van der Waals surface area contributed by atoms with E-state index < -0.39 is 0 Å². The maximum absolute atomic E-state index is 12.2. The van der Waals surface area contributed by atoms with Crippen LogP contribution >= 0.6 is 0 Å². The van der Waals surface area contributed by atoms with Crippen LogP contribution in [-0.4, -0.2) is 24.8 Å². The maximum Gasteiger partial charge on any atom is 0.223 e. The van der Waals surface area contributed by atoms with Gasteiger partial charge in [-0.1, -0.05) is 43.3 Å². The summed E-state index contributed by atoms with van der Waals surface area (Å²) in [4.78, 5) is 23.7. The van der Waals surface area contributed by atoms with Gasteiger partial charge in [0.2, 0.25) is 5.91 Å². The molecule has 0 bridgehead atoms. The van der Waals surface area contributed by atoms with Gasteiger partial charge < -0.3 is 10.1 Å². The number of amides is 1. The van der Waals surface area contributed by atoms with Crippen LogP contribution in [0.1, 0.15) is 26.2 Å². The summed E-state index contributed by atoms with van der Waals surface area (Å²) in [5.41, 5.74) is 0. The molecule has 3 rings (SSSR count). The van der Waals surface area contributed by atoms with E-state index in [0.717, 1.165) is 16.5 Å². The molecule has 0 heterocycles. The molecule has 1 fully saturated rings. The maximum atomic E-state index is 12.2. The Hall–Kier alpha value is -2.36. The number of benzene rings is 2. The van der Waals surface area contributed by atoms with E-state index >= 15 is 0 Å². The monoisotopic (exact) mass is 325 g/mol. The van der Waals surface area contributed by atoms with E-state index in [1.165, 1.54) is 0 Å². The zero-order valence-electron chi connectivity index (χ0n) is 14.0. The molecule has 1 aliphatic rings. The summed E-state index contributed by atoms with van der Waals surface area (Å²) in [5.74, 6) is 1.10. The van der Waals surface area contributed by atoms with Crippen LogP contribution in [-0.2, 0) is 9.59 Å². The number of hydrogen-bond acceptors (Lipinski definition) is 3. The van der Waals surface area contributed by atoms with Crippen LogP contribution in [0.4, 0.5) is 0 Å². The highest BCUT2D eigenvalue weighted by Gasteiger charge is 2.29. The van der Waals surface area contributed by atoms with E-state index in [1.807, 2.05) is 37.3 Å². The normalized spacial score (nSPS) is 20.8. The van der Waals surface area contributed by atoms with Gasteiger partial charge in [0.25, 0.3) is 0 Å². The molecule has 4 nitrogen and oxygen atoms in total. The molecule has 126 valence electrons. The average Bonchev–Trinajstić information content (AvgIpc) is 2.61. The number of rotatable bonds is 5.